The van der Waals surface area contributed by atoms with E-state index in [-0.39, 0.29) is 47.8 Å². The van der Waals surface area contributed by atoms with Gasteiger partial charge in [0.2, 0.25) is 5.91 Å². The van der Waals surface area contributed by atoms with Crippen molar-refractivity contribution in [2.45, 2.75) is 39.3 Å². The van der Waals surface area contributed by atoms with E-state index in [0.717, 1.165) is 11.3 Å². The smallest absolute Gasteiger partial charge is 0.263 e. The van der Waals surface area contributed by atoms with Gasteiger partial charge in [-0.3, -0.25) is 18.7 Å². The summed E-state index contributed by atoms with van der Waals surface area (Å²) in [6.45, 7) is 3.78. The maximum Gasteiger partial charge on any atom is 0.263 e. The van der Waals surface area contributed by atoms with E-state index in [9.17, 15) is 22.4 Å². The Kier molecular flexibility index (Phi) is 5.42. The average Bonchev–Trinajstić information content (AvgIpc) is 3.17. The monoisotopic (exact) mass is 446 g/mol. The van der Waals surface area contributed by atoms with Crippen molar-refractivity contribution in [2.75, 3.05) is 11.5 Å². The zero-order chi connectivity index (χ0) is 22.3. The van der Waals surface area contributed by atoms with Crippen LogP contribution in [0, 0.1) is 19.7 Å². The van der Waals surface area contributed by atoms with Crippen molar-refractivity contribution in [1.29, 1.82) is 0 Å². The van der Waals surface area contributed by atoms with Crippen LogP contribution in [0.25, 0.3) is 16.7 Å². The lowest BCUT2D eigenvalue weighted by atomic mass is 10.2. The second-order valence-corrected chi connectivity index (χ2v) is 10.1. The van der Waals surface area contributed by atoms with Gasteiger partial charge in [0.05, 0.1) is 28.9 Å². The summed E-state index contributed by atoms with van der Waals surface area (Å²) in [4.78, 5) is 29.7. The predicted octanol–water partition coefficient (Wildman–Crippen LogP) is 1.64. The molecule has 1 amide bonds. The molecule has 0 radical (unpaired) electrons. The van der Waals surface area contributed by atoms with Gasteiger partial charge in [0, 0.05) is 24.7 Å². The minimum atomic E-state index is -3.08. The number of carbonyl (C=O) groups is 1. The van der Waals surface area contributed by atoms with E-state index in [2.05, 4.69) is 10.3 Å². The summed E-state index contributed by atoms with van der Waals surface area (Å²) in [5.41, 5.74) is 2.25. The lowest BCUT2D eigenvalue weighted by Crippen LogP contribution is -2.36. The third kappa shape index (κ3) is 4.12. The molecule has 31 heavy (non-hydrogen) atoms. The predicted molar refractivity (Wildman–Crippen MR) is 115 cm³/mol. The first-order chi connectivity index (χ1) is 14.7. The van der Waals surface area contributed by atoms with Crippen molar-refractivity contribution in [3.05, 3.63) is 58.0 Å². The van der Waals surface area contributed by atoms with Crippen LogP contribution in [0.15, 0.2) is 35.4 Å². The Bertz CT molecular complexity index is 1340. The summed E-state index contributed by atoms with van der Waals surface area (Å²) in [6, 6.07) is 5.70. The van der Waals surface area contributed by atoms with Gasteiger partial charge in [-0.15, -0.1) is 0 Å². The number of hydrogen-bond donors (Lipinski definition) is 1. The molecule has 1 fully saturated rings. The van der Waals surface area contributed by atoms with Crippen molar-refractivity contribution >= 4 is 26.8 Å². The highest BCUT2D eigenvalue weighted by Gasteiger charge is 2.28. The highest BCUT2D eigenvalue weighted by Crippen LogP contribution is 2.25. The number of benzene rings is 1. The van der Waals surface area contributed by atoms with Gasteiger partial charge in [-0.1, -0.05) is 6.07 Å². The fourth-order valence-electron chi connectivity index (χ4n) is 4.01. The van der Waals surface area contributed by atoms with E-state index in [1.165, 1.54) is 23.0 Å². The summed E-state index contributed by atoms with van der Waals surface area (Å²) in [7, 11) is -3.08. The highest BCUT2D eigenvalue weighted by atomic mass is 32.2. The van der Waals surface area contributed by atoms with Crippen molar-refractivity contribution in [2.24, 2.45) is 0 Å². The van der Waals surface area contributed by atoms with E-state index < -0.39 is 9.84 Å². The molecule has 3 aromatic rings. The molecule has 0 bridgehead atoms. The molecule has 164 valence electrons. The van der Waals surface area contributed by atoms with Gasteiger partial charge < -0.3 is 5.32 Å². The van der Waals surface area contributed by atoms with Crippen molar-refractivity contribution in [1.82, 2.24) is 19.4 Å². The molecule has 2 aromatic heterocycles. The Balaban J connectivity index is 1.58. The number of carbonyl (C=O) groups excluding carboxylic acids is 1. The van der Waals surface area contributed by atoms with Crippen LogP contribution in [0.1, 0.15) is 24.1 Å². The number of rotatable bonds is 5. The highest BCUT2D eigenvalue weighted by molar-refractivity contribution is 7.91. The molecule has 1 aliphatic heterocycles. The van der Waals surface area contributed by atoms with Crippen LogP contribution in [0.2, 0.25) is 0 Å². The third-order valence-corrected chi connectivity index (χ3v) is 7.49. The van der Waals surface area contributed by atoms with E-state index >= 15 is 0 Å². The first kappa shape index (κ1) is 21.2. The number of halogens is 1. The summed E-state index contributed by atoms with van der Waals surface area (Å²) < 4.78 is 39.9. The summed E-state index contributed by atoms with van der Waals surface area (Å²) in [5, 5.41) is 3.14. The molecule has 8 nitrogen and oxygen atoms in total. The SMILES string of the molecule is Cc1c(C)n(-c2cccc(F)c2)c2ncn(CCC(=O)N[C@@H]3CCS(=O)(=O)C3)c(=O)c12. The van der Waals surface area contributed by atoms with Crippen LogP contribution >= 0.6 is 0 Å². The van der Waals surface area contributed by atoms with E-state index in [1.807, 2.05) is 13.8 Å². The fourth-order valence-corrected chi connectivity index (χ4v) is 5.68. The average molecular weight is 447 g/mol. The summed E-state index contributed by atoms with van der Waals surface area (Å²) >= 11 is 0. The van der Waals surface area contributed by atoms with Crippen LogP contribution < -0.4 is 10.9 Å². The standard InChI is InChI=1S/C21H23FN4O4S/c1-13-14(2)26(17-5-3-4-15(22)10-17)20-19(13)21(28)25(12-23-20)8-6-18(27)24-16-7-9-31(29,30)11-16/h3-5,10,12,16H,6-9,11H2,1-2H3,(H,24,27)/t16-/m1/s1. The van der Waals surface area contributed by atoms with Crippen molar-refractivity contribution in [3.8, 4) is 5.69 Å². The Morgan fingerprint density at radius 1 is 1.32 bits per heavy atom. The lowest BCUT2D eigenvalue weighted by Gasteiger charge is -2.11. The maximum atomic E-state index is 13.7. The fraction of sp³-hybridized carbons (Fsp3) is 0.381. The normalized spacial score (nSPS) is 17.8. The molecule has 0 aliphatic carbocycles. The Hall–Kier alpha value is -3.01. The number of aromatic nitrogens is 3. The number of nitrogens with zero attached hydrogens (tertiary/aromatic N) is 3. The number of sulfone groups is 1. The van der Waals surface area contributed by atoms with Crippen molar-refractivity contribution < 1.29 is 17.6 Å². The number of fused-ring (bicyclic) bond motifs is 1. The molecule has 3 heterocycles. The quantitative estimate of drug-likeness (QED) is 0.642. The number of amides is 1. The van der Waals surface area contributed by atoms with Gasteiger partial charge >= 0.3 is 0 Å². The topological polar surface area (TPSA) is 103 Å². The molecular formula is C21H23FN4O4S. The lowest BCUT2D eigenvalue weighted by molar-refractivity contribution is -0.121. The number of aryl methyl sites for hydroxylation is 2. The van der Waals surface area contributed by atoms with Gasteiger partial charge in [0.25, 0.3) is 5.56 Å². The Morgan fingerprint density at radius 2 is 2.10 bits per heavy atom. The molecule has 0 saturated carbocycles. The third-order valence-electron chi connectivity index (χ3n) is 5.73. The Labute approximate surface area is 178 Å². The molecule has 1 aliphatic rings. The molecule has 0 spiro atoms. The van der Waals surface area contributed by atoms with Crippen LogP contribution in [0.4, 0.5) is 4.39 Å². The molecule has 0 unspecified atom stereocenters. The molecule has 1 aromatic carbocycles. The van der Waals surface area contributed by atoms with E-state index in [0.29, 0.717) is 23.1 Å². The van der Waals surface area contributed by atoms with Crippen LogP contribution in [0.5, 0.6) is 0 Å². The van der Waals surface area contributed by atoms with Crippen molar-refractivity contribution in [3.63, 3.8) is 0 Å². The van der Waals surface area contributed by atoms with E-state index in [1.54, 1.807) is 16.7 Å². The molecule has 1 atom stereocenters. The van der Waals surface area contributed by atoms with Crippen LogP contribution in [-0.2, 0) is 21.2 Å². The first-order valence-corrected chi connectivity index (χ1v) is 11.8. The molecular weight excluding hydrogens is 423 g/mol. The molecule has 10 heteroatoms. The molecule has 4 rings (SSSR count). The van der Waals surface area contributed by atoms with Gasteiger partial charge in [-0.25, -0.2) is 17.8 Å². The number of hydrogen-bond acceptors (Lipinski definition) is 5. The van der Waals surface area contributed by atoms with Gasteiger partial charge in [-0.05, 0) is 44.0 Å². The van der Waals surface area contributed by atoms with Gasteiger partial charge in [0.1, 0.15) is 5.82 Å². The number of nitrogens with one attached hydrogen (secondary N) is 1. The second-order valence-electron chi connectivity index (χ2n) is 7.88. The zero-order valence-corrected chi connectivity index (χ0v) is 18.1. The minimum Gasteiger partial charge on any atom is -0.352 e. The summed E-state index contributed by atoms with van der Waals surface area (Å²) in [6.07, 6.45) is 1.83. The first-order valence-electron chi connectivity index (χ1n) is 9.99. The maximum absolute atomic E-state index is 13.7. The summed E-state index contributed by atoms with van der Waals surface area (Å²) in [5.74, 6) is -0.651. The molecule has 1 saturated heterocycles. The van der Waals surface area contributed by atoms with Crippen LogP contribution in [0.3, 0.4) is 0 Å². The Morgan fingerprint density at radius 3 is 2.77 bits per heavy atom. The van der Waals surface area contributed by atoms with Gasteiger partial charge in [-0.2, -0.15) is 0 Å². The van der Waals surface area contributed by atoms with Crippen LogP contribution in [-0.4, -0.2) is 46.0 Å². The largest absolute Gasteiger partial charge is 0.352 e. The minimum absolute atomic E-state index is 0.0340. The molecule has 1 N–H and O–H groups in total. The van der Waals surface area contributed by atoms with E-state index in [4.69, 9.17) is 0 Å². The van der Waals surface area contributed by atoms with Gasteiger partial charge in [0.15, 0.2) is 15.5 Å². The zero-order valence-electron chi connectivity index (χ0n) is 17.3. The second kappa shape index (κ2) is 7.92.